The van der Waals surface area contributed by atoms with Crippen molar-refractivity contribution in [3.63, 3.8) is 0 Å². The first-order valence-electron chi connectivity index (χ1n) is 9.16. The molecule has 0 spiro atoms. The Bertz CT molecular complexity index is 790. The van der Waals surface area contributed by atoms with Gasteiger partial charge in [-0.15, -0.1) is 0 Å². The molecule has 1 amide bonds. The van der Waals surface area contributed by atoms with E-state index in [4.69, 9.17) is 9.15 Å². The average Bonchev–Trinajstić information content (AvgIpc) is 3.21. The first-order chi connectivity index (χ1) is 12.6. The number of aromatic nitrogens is 2. The SMILES string of the molecule is Cc1nc(C)c2c(n1)OC(CN1CCCN(C(=O)c3ccco3)CC1)C2. The lowest BCUT2D eigenvalue weighted by Gasteiger charge is -2.23. The summed E-state index contributed by atoms with van der Waals surface area (Å²) in [6.07, 6.45) is 3.45. The van der Waals surface area contributed by atoms with Gasteiger partial charge in [0.2, 0.25) is 5.88 Å². The molecule has 0 bridgehead atoms. The lowest BCUT2D eigenvalue weighted by atomic mass is 10.1. The van der Waals surface area contributed by atoms with E-state index in [0.717, 1.165) is 62.0 Å². The van der Waals surface area contributed by atoms with Gasteiger partial charge < -0.3 is 14.1 Å². The summed E-state index contributed by atoms with van der Waals surface area (Å²) in [5.74, 6) is 1.88. The molecule has 0 aromatic carbocycles. The highest BCUT2D eigenvalue weighted by Gasteiger charge is 2.29. The fraction of sp³-hybridized carbons (Fsp3) is 0.526. The number of aryl methyl sites for hydroxylation is 2. The Hall–Kier alpha value is -2.41. The van der Waals surface area contributed by atoms with E-state index in [1.807, 2.05) is 18.7 Å². The van der Waals surface area contributed by atoms with Crippen molar-refractivity contribution in [3.8, 4) is 5.88 Å². The number of fused-ring (bicyclic) bond motifs is 1. The smallest absolute Gasteiger partial charge is 0.289 e. The highest BCUT2D eigenvalue weighted by molar-refractivity contribution is 5.91. The lowest BCUT2D eigenvalue weighted by molar-refractivity contribution is 0.0726. The van der Waals surface area contributed by atoms with Crippen molar-refractivity contribution in [1.29, 1.82) is 0 Å². The minimum absolute atomic E-state index is 0.0252. The maximum Gasteiger partial charge on any atom is 0.289 e. The van der Waals surface area contributed by atoms with Crippen LogP contribution in [-0.4, -0.2) is 64.5 Å². The third-order valence-corrected chi connectivity index (χ3v) is 5.07. The molecule has 2 aliphatic rings. The van der Waals surface area contributed by atoms with Crippen LogP contribution in [-0.2, 0) is 6.42 Å². The summed E-state index contributed by atoms with van der Waals surface area (Å²) in [4.78, 5) is 25.6. The molecule has 7 nitrogen and oxygen atoms in total. The molecule has 4 heterocycles. The van der Waals surface area contributed by atoms with E-state index in [0.29, 0.717) is 12.3 Å². The van der Waals surface area contributed by atoms with Gasteiger partial charge in [0.25, 0.3) is 5.91 Å². The second-order valence-corrected chi connectivity index (χ2v) is 7.01. The van der Waals surface area contributed by atoms with Crippen molar-refractivity contribution in [2.45, 2.75) is 32.8 Å². The van der Waals surface area contributed by atoms with Crippen molar-refractivity contribution in [3.05, 3.63) is 41.2 Å². The number of furan rings is 1. The van der Waals surface area contributed by atoms with E-state index < -0.39 is 0 Å². The topological polar surface area (TPSA) is 71.7 Å². The Morgan fingerprint density at radius 3 is 2.92 bits per heavy atom. The van der Waals surface area contributed by atoms with E-state index in [9.17, 15) is 4.79 Å². The van der Waals surface area contributed by atoms with Crippen LogP contribution in [0.4, 0.5) is 0 Å². The first kappa shape index (κ1) is 17.0. The molecule has 1 saturated heterocycles. The zero-order valence-electron chi connectivity index (χ0n) is 15.3. The van der Waals surface area contributed by atoms with E-state index in [-0.39, 0.29) is 12.0 Å². The first-order valence-corrected chi connectivity index (χ1v) is 9.16. The number of carbonyl (C=O) groups excluding carboxylic acids is 1. The highest BCUT2D eigenvalue weighted by Crippen LogP contribution is 2.29. The maximum atomic E-state index is 12.5. The number of amides is 1. The van der Waals surface area contributed by atoms with Gasteiger partial charge in [-0.3, -0.25) is 9.69 Å². The molecule has 4 rings (SSSR count). The molecule has 0 saturated carbocycles. The van der Waals surface area contributed by atoms with Gasteiger partial charge in [0.05, 0.1) is 6.26 Å². The molecular weight excluding hydrogens is 332 g/mol. The van der Waals surface area contributed by atoms with Crippen molar-refractivity contribution in [2.75, 3.05) is 32.7 Å². The number of hydrogen-bond donors (Lipinski definition) is 0. The number of hydrogen-bond acceptors (Lipinski definition) is 6. The Labute approximate surface area is 153 Å². The Balaban J connectivity index is 1.34. The van der Waals surface area contributed by atoms with Crippen LogP contribution >= 0.6 is 0 Å². The molecule has 1 fully saturated rings. The summed E-state index contributed by atoms with van der Waals surface area (Å²) in [5.41, 5.74) is 2.14. The summed E-state index contributed by atoms with van der Waals surface area (Å²) in [6.45, 7) is 8.02. The molecule has 2 aromatic heterocycles. The minimum atomic E-state index is -0.0252. The lowest BCUT2D eigenvalue weighted by Crippen LogP contribution is -2.38. The monoisotopic (exact) mass is 356 g/mol. The zero-order chi connectivity index (χ0) is 18.1. The molecular formula is C19H24N4O3. The van der Waals surface area contributed by atoms with Gasteiger partial charge in [0.1, 0.15) is 11.9 Å². The molecule has 0 N–H and O–H groups in total. The fourth-order valence-electron chi connectivity index (χ4n) is 3.77. The predicted molar refractivity (Wildman–Crippen MR) is 95.3 cm³/mol. The van der Waals surface area contributed by atoms with Crippen LogP contribution < -0.4 is 4.74 Å². The largest absolute Gasteiger partial charge is 0.472 e. The third-order valence-electron chi connectivity index (χ3n) is 5.07. The third kappa shape index (κ3) is 3.44. The second kappa shape index (κ2) is 7.07. The molecule has 0 radical (unpaired) electrons. The normalized spacial score (nSPS) is 20.5. The van der Waals surface area contributed by atoms with Crippen molar-refractivity contribution >= 4 is 5.91 Å². The van der Waals surface area contributed by atoms with Crippen LogP contribution in [0.25, 0.3) is 0 Å². The van der Waals surface area contributed by atoms with Crippen LogP contribution in [0.15, 0.2) is 22.8 Å². The van der Waals surface area contributed by atoms with Crippen molar-refractivity contribution in [1.82, 2.24) is 19.8 Å². The van der Waals surface area contributed by atoms with Crippen LogP contribution in [0.2, 0.25) is 0 Å². The molecule has 26 heavy (non-hydrogen) atoms. The van der Waals surface area contributed by atoms with Gasteiger partial charge in [0.15, 0.2) is 5.76 Å². The molecule has 138 valence electrons. The van der Waals surface area contributed by atoms with Gasteiger partial charge in [-0.25, -0.2) is 4.98 Å². The molecule has 2 aromatic rings. The second-order valence-electron chi connectivity index (χ2n) is 7.01. The quantitative estimate of drug-likeness (QED) is 0.836. The van der Waals surface area contributed by atoms with Gasteiger partial charge >= 0.3 is 0 Å². The summed E-state index contributed by atoms with van der Waals surface area (Å²) in [5, 5.41) is 0. The summed E-state index contributed by atoms with van der Waals surface area (Å²) < 4.78 is 11.3. The Morgan fingerprint density at radius 2 is 2.12 bits per heavy atom. The van der Waals surface area contributed by atoms with Crippen LogP contribution in [0.1, 0.15) is 34.1 Å². The van der Waals surface area contributed by atoms with E-state index >= 15 is 0 Å². The van der Waals surface area contributed by atoms with Crippen molar-refractivity contribution < 1.29 is 13.9 Å². The zero-order valence-corrected chi connectivity index (χ0v) is 15.3. The van der Waals surface area contributed by atoms with Gasteiger partial charge in [-0.2, -0.15) is 4.98 Å². The molecule has 0 aliphatic carbocycles. The summed E-state index contributed by atoms with van der Waals surface area (Å²) >= 11 is 0. The maximum absolute atomic E-state index is 12.5. The van der Waals surface area contributed by atoms with Gasteiger partial charge in [0, 0.05) is 50.4 Å². The standard InChI is InChI=1S/C19H24N4O3/c1-13-16-11-15(26-18(16)21-14(2)20-13)12-22-6-4-7-23(9-8-22)19(24)17-5-3-10-25-17/h3,5,10,15H,4,6-9,11-12H2,1-2H3. The Morgan fingerprint density at radius 1 is 1.23 bits per heavy atom. The number of carbonyl (C=O) groups is 1. The molecule has 7 heteroatoms. The van der Waals surface area contributed by atoms with E-state index in [2.05, 4.69) is 14.9 Å². The summed E-state index contributed by atoms with van der Waals surface area (Å²) in [6, 6.07) is 3.47. The number of ether oxygens (including phenoxy) is 1. The van der Waals surface area contributed by atoms with Crippen molar-refractivity contribution in [2.24, 2.45) is 0 Å². The van der Waals surface area contributed by atoms with Gasteiger partial charge in [-0.1, -0.05) is 0 Å². The highest BCUT2D eigenvalue weighted by atomic mass is 16.5. The Kier molecular flexibility index (Phi) is 4.63. The van der Waals surface area contributed by atoms with E-state index in [1.165, 1.54) is 0 Å². The predicted octanol–water partition coefficient (Wildman–Crippen LogP) is 1.84. The van der Waals surface area contributed by atoms with E-state index in [1.54, 1.807) is 18.4 Å². The number of nitrogens with zero attached hydrogens (tertiary/aromatic N) is 4. The van der Waals surface area contributed by atoms with Crippen LogP contribution in [0.3, 0.4) is 0 Å². The van der Waals surface area contributed by atoms with Crippen LogP contribution in [0.5, 0.6) is 5.88 Å². The number of rotatable bonds is 3. The van der Waals surface area contributed by atoms with Crippen LogP contribution in [0, 0.1) is 13.8 Å². The van der Waals surface area contributed by atoms with Gasteiger partial charge in [-0.05, 0) is 32.4 Å². The molecule has 1 atom stereocenters. The summed E-state index contributed by atoms with van der Waals surface area (Å²) in [7, 11) is 0. The average molecular weight is 356 g/mol. The molecule has 1 unspecified atom stereocenters. The molecule has 2 aliphatic heterocycles. The minimum Gasteiger partial charge on any atom is -0.472 e. The fourth-order valence-corrected chi connectivity index (χ4v) is 3.77.